The second-order valence-corrected chi connectivity index (χ2v) is 9.52. The van der Waals surface area contributed by atoms with E-state index in [1.807, 2.05) is 37.3 Å². The normalized spacial score (nSPS) is 15.6. The van der Waals surface area contributed by atoms with E-state index in [1.165, 1.54) is 9.87 Å². The number of ether oxygens (including phenoxy) is 1. The topological polar surface area (TPSA) is 78.9 Å². The molecular weight excluding hydrogens is 402 g/mol. The van der Waals surface area contributed by atoms with Crippen molar-refractivity contribution < 1.29 is 17.9 Å². The van der Waals surface area contributed by atoms with E-state index < -0.39 is 10.0 Å². The van der Waals surface area contributed by atoms with Crippen LogP contribution in [0.2, 0.25) is 0 Å². The van der Waals surface area contributed by atoms with Crippen molar-refractivity contribution in [2.24, 2.45) is 0 Å². The van der Waals surface area contributed by atoms with Gasteiger partial charge >= 0.3 is 0 Å². The average Bonchev–Trinajstić information content (AvgIpc) is 2.74. The second-order valence-electron chi connectivity index (χ2n) is 7.43. The maximum atomic E-state index is 12.6. The highest BCUT2D eigenvalue weighted by atomic mass is 32.2. The lowest BCUT2D eigenvalue weighted by atomic mass is 10.2. The van der Waals surface area contributed by atoms with E-state index >= 15 is 0 Å². The first-order chi connectivity index (χ1) is 14.4. The number of carbonyl (C=O) groups is 1. The van der Waals surface area contributed by atoms with E-state index in [0.29, 0.717) is 31.9 Å². The monoisotopic (exact) mass is 431 g/mol. The molecule has 0 saturated carbocycles. The zero-order valence-electron chi connectivity index (χ0n) is 17.3. The van der Waals surface area contributed by atoms with Gasteiger partial charge in [-0.2, -0.15) is 4.31 Å². The Morgan fingerprint density at radius 1 is 1.00 bits per heavy atom. The summed E-state index contributed by atoms with van der Waals surface area (Å²) in [5.41, 5.74) is 2.34. The SMILES string of the molecule is Cc1ccc(OCC(=O)NCCS(=O)(=O)N2CCN(Cc3ccccc3)CC2)cc1. The lowest BCUT2D eigenvalue weighted by molar-refractivity contribution is -0.122. The summed E-state index contributed by atoms with van der Waals surface area (Å²) >= 11 is 0. The largest absolute Gasteiger partial charge is 0.484 e. The summed E-state index contributed by atoms with van der Waals surface area (Å²) in [6.45, 7) is 5.07. The molecule has 1 aliphatic rings. The minimum absolute atomic E-state index is 0.0721. The van der Waals surface area contributed by atoms with Crippen LogP contribution in [-0.2, 0) is 21.4 Å². The van der Waals surface area contributed by atoms with Crippen LogP contribution in [0.25, 0.3) is 0 Å². The molecule has 0 spiro atoms. The van der Waals surface area contributed by atoms with Gasteiger partial charge in [0.15, 0.2) is 6.61 Å². The molecule has 0 unspecified atom stereocenters. The molecule has 1 aliphatic heterocycles. The molecule has 1 amide bonds. The number of rotatable bonds is 9. The number of nitrogens with zero attached hydrogens (tertiary/aromatic N) is 2. The van der Waals surface area contributed by atoms with Crippen LogP contribution in [-0.4, -0.2) is 68.6 Å². The van der Waals surface area contributed by atoms with Gasteiger partial charge in [-0.25, -0.2) is 8.42 Å². The van der Waals surface area contributed by atoms with Crippen LogP contribution in [0.3, 0.4) is 0 Å². The molecule has 0 radical (unpaired) electrons. The molecule has 0 aliphatic carbocycles. The minimum atomic E-state index is -3.40. The van der Waals surface area contributed by atoms with Gasteiger partial charge in [-0.3, -0.25) is 9.69 Å². The predicted octanol–water partition coefficient (Wildman–Crippen LogP) is 1.64. The van der Waals surface area contributed by atoms with E-state index in [-0.39, 0.29) is 24.8 Å². The third-order valence-electron chi connectivity index (χ3n) is 5.05. The smallest absolute Gasteiger partial charge is 0.257 e. The van der Waals surface area contributed by atoms with E-state index in [2.05, 4.69) is 22.3 Å². The van der Waals surface area contributed by atoms with Gasteiger partial charge in [0.1, 0.15) is 5.75 Å². The Bertz CT molecular complexity index is 909. The summed E-state index contributed by atoms with van der Waals surface area (Å²) in [5.74, 6) is 0.164. The Kier molecular flexibility index (Phi) is 7.84. The molecule has 30 heavy (non-hydrogen) atoms. The van der Waals surface area contributed by atoms with E-state index in [1.54, 1.807) is 12.1 Å². The molecule has 3 rings (SSSR count). The van der Waals surface area contributed by atoms with Crippen LogP contribution >= 0.6 is 0 Å². The van der Waals surface area contributed by atoms with Gasteiger partial charge in [0.05, 0.1) is 5.75 Å². The molecule has 0 atom stereocenters. The number of hydrogen-bond acceptors (Lipinski definition) is 5. The summed E-state index contributed by atoms with van der Waals surface area (Å²) in [6, 6.07) is 17.6. The number of hydrogen-bond donors (Lipinski definition) is 1. The lowest BCUT2D eigenvalue weighted by Gasteiger charge is -2.34. The van der Waals surface area contributed by atoms with E-state index in [9.17, 15) is 13.2 Å². The van der Waals surface area contributed by atoms with Gasteiger partial charge in [-0.15, -0.1) is 0 Å². The van der Waals surface area contributed by atoms with Crippen molar-refractivity contribution in [3.05, 3.63) is 65.7 Å². The van der Waals surface area contributed by atoms with Crippen molar-refractivity contribution in [2.75, 3.05) is 45.1 Å². The highest BCUT2D eigenvalue weighted by Crippen LogP contribution is 2.12. The lowest BCUT2D eigenvalue weighted by Crippen LogP contribution is -2.49. The first-order valence-corrected chi connectivity index (χ1v) is 11.7. The summed E-state index contributed by atoms with van der Waals surface area (Å²) in [6.07, 6.45) is 0. The number of amides is 1. The van der Waals surface area contributed by atoms with Crippen molar-refractivity contribution in [3.8, 4) is 5.75 Å². The fourth-order valence-electron chi connectivity index (χ4n) is 3.29. The molecule has 1 fully saturated rings. The molecule has 8 heteroatoms. The van der Waals surface area contributed by atoms with Crippen LogP contribution in [0.5, 0.6) is 5.75 Å². The Balaban J connectivity index is 1.36. The van der Waals surface area contributed by atoms with Gasteiger partial charge in [0.2, 0.25) is 10.0 Å². The highest BCUT2D eigenvalue weighted by Gasteiger charge is 2.26. The summed E-state index contributed by atoms with van der Waals surface area (Å²) in [5, 5.41) is 2.62. The van der Waals surface area contributed by atoms with Crippen molar-refractivity contribution in [1.29, 1.82) is 0 Å². The second kappa shape index (κ2) is 10.6. The molecule has 1 N–H and O–H groups in total. The van der Waals surface area contributed by atoms with Gasteiger partial charge in [-0.05, 0) is 24.6 Å². The van der Waals surface area contributed by atoms with Gasteiger partial charge in [-0.1, -0.05) is 48.0 Å². The van der Waals surface area contributed by atoms with Crippen LogP contribution in [0.1, 0.15) is 11.1 Å². The molecule has 2 aromatic rings. The fourth-order valence-corrected chi connectivity index (χ4v) is 4.63. The van der Waals surface area contributed by atoms with Gasteiger partial charge < -0.3 is 10.1 Å². The Hall–Kier alpha value is -2.42. The Morgan fingerprint density at radius 3 is 2.33 bits per heavy atom. The fraction of sp³-hybridized carbons (Fsp3) is 0.409. The third kappa shape index (κ3) is 6.83. The maximum Gasteiger partial charge on any atom is 0.257 e. The van der Waals surface area contributed by atoms with E-state index in [4.69, 9.17) is 4.74 Å². The number of piperazine rings is 1. The Morgan fingerprint density at radius 2 is 1.67 bits per heavy atom. The first kappa shape index (κ1) is 22.3. The van der Waals surface area contributed by atoms with Crippen LogP contribution in [0.4, 0.5) is 0 Å². The van der Waals surface area contributed by atoms with Crippen LogP contribution < -0.4 is 10.1 Å². The minimum Gasteiger partial charge on any atom is -0.484 e. The van der Waals surface area contributed by atoms with Gasteiger partial charge in [0.25, 0.3) is 5.91 Å². The summed E-state index contributed by atoms with van der Waals surface area (Å²) < 4.78 is 32.1. The maximum absolute atomic E-state index is 12.6. The quantitative estimate of drug-likeness (QED) is 0.653. The average molecular weight is 432 g/mol. The molecule has 0 aromatic heterocycles. The molecule has 1 saturated heterocycles. The Labute approximate surface area is 178 Å². The van der Waals surface area contributed by atoms with Gasteiger partial charge in [0, 0.05) is 39.3 Å². The van der Waals surface area contributed by atoms with Crippen molar-refractivity contribution in [3.63, 3.8) is 0 Å². The molecule has 1 heterocycles. The van der Waals surface area contributed by atoms with Crippen LogP contribution in [0.15, 0.2) is 54.6 Å². The number of aryl methyl sites for hydroxylation is 1. The highest BCUT2D eigenvalue weighted by molar-refractivity contribution is 7.89. The van der Waals surface area contributed by atoms with Crippen LogP contribution in [0, 0.1) is 6.92 Å². The number of sulfonamides is 1. The molecule has 0 bridgehead atoms. The van der Waals surface area contributed by atoms with Crippen molar-refractivity contribution in [2.45, 2.75) is 13.5 Å². The zero-order chi connectivity index (χ0) is 21.4. The zero-order valence-corrected chi connectivity index (χ0v) is 18.1. The summed E-state index contributed by atoms with van der Waals surface area (Å²) in [4.78, 5) is 14.2. The number of nitrogens with one attached hydrogen (secondary N) is 1. The molecular formula is C22H29N3O4S. The van der Waals surface area contributed by atoms with Crippen molar-refractivity contribution in [1.82, 2.24) is 14.5 Å². The number of carbonyl (C=O) groups excluding carboxylic acids is 1. The molecule has 162 valence electrons. The molecule has 7 nitrogen and oxygen atoms in total. The molecule has 2 aromatic carbocycles. The summed E-state index contributed by atoms with van der Waals surface area (Å²) in [7, 11) is -3.40. The number of benzene rings is 2. The predicted molar refractivity (Wildman–Crippen MR) is 117 cm³/mol. The van der Waals surface area contributed by atoms with Crippen molar-refractivity contribution >= 4 is 15.9 Å². The first-order valence-electron chi connectivity index (χ1n) is 10.1. The van der Waals surface area contributed by atoms with E-state index in [0.717, 1.165) is 12.1 Å². The standard InChI is InChI=1S/C22H29N3O4S/c1-19-7-9-21(10-8-19)29-18-22(26)23-11-16-30(27,28)25-14-12-24(13-15-25)17-20-5-3-2-4-6-20/h2-10H,11-18H2,1H3,(H,23,26). The third-order valence-corrected chi connectivity index (χ3v) is 6.92.